The van der Waals surface area contributed by atoms with Gasteiger partial charge in [-0.1, -0.05) is 6.07 Å². The first-order chi connectivity index (χ1) is 14.1. The van der Waals surface area contributed by atoms with E-state index in [4.69, 9.17) is 14.2 Å². The highest BCUT2D eigenvalue weighted by Crippen LogP contribution is 2.42. The lowest BCUT2D eigenvalue weighted by atomic mass is 10.0. The van der Waals surface area contributed by atoms with Crippen molar-refractivity contribution < 1.29 is 19.0 Å². The van der Waals surface area contributed by atoms with Crippen LogP contribution in [0.5, 0.6) is 17.2 Å². The number of benzene rings is 2. The molecule has 8 heteroatoms. The van der Waals surface area contributed by atoms with Gasteiger partial charge in [0.25, 0.3) is 5.91 Å². The first-order valence-electron chi connectivity index (χ1n) is 8.68. The van der Waals surface area contributed by atoms with Crippen molar-refractivity contribution in [3.8, 4) is 34.6 Å². The summed E-state index contributed by atoms with van der Waals surface area (Å²) in [5, 5.41) is 19.9. The van der Waals surface area contributed by atoms with Gasteiger partial charge in [-0.15, -0.1) is 0 Å². The summed E-state index contributed by atoms with van der Waals surface area (Å²) in [5.41, 5.74) is 2.97. The second-order valence-electron chi connectivity index (χ2n) is 6.04. The predicted molar refractivity (Wildman–Crippen MR) is 109 cm³/mol. The van der Waals surface area contributed by atoms with Gasteiger partial charge in [-0.3, -0.25) is 9.89 Å². The number of nitriles is 1. The van der Waals surface area contributed by atoms with Crippen molar-refractivity contribution in [2.75, 3.05) is 28.4 Å². The second kappa shape index (κ2) is 8.35. The molecule has 0 radical (unpaired) electrons. The van der Waals surface area contributed by atoms with Gasteiger partial charge in [0.2, 0.25) is 5.75 Å². The third-order valence-corrected chi connectivity index (χ3v) is 4.43. The first-order valence-corrected chi connectivity index (χ1v) is 8.68. The smallest absolute Gasteiger partial charge is 0.261 e. The van der Waals surface area contributed by atoms with Crippen molar-refractivity contribution in [2.45, 2.75) is 0 Å². The summed E-state index contributed by atoms with van der Waals surface area (Å²) in [5.74, 6) is 1.08. The molecule has 0 spiro atoms. The van der Waals surface area contributed by atoms with Gasteiger partial charge in [0.1, 0.15) is 17.3 Å². The zero-order chi connectivity index (χ0) is 21.0. The van der Waals surface area contributed by atoms with Gasteiger partial charge >= 0.3 is 0 Å². The van der Waals surface area contributed by atoms with Gasteiger partial charge in [0, 0.05) is 18.0 Å². The van der Waals surface area contributed by atoms with E-state index in [0.29, 0.717) is 28.5 Å². The lowest BCUT2D eigenvalue weighted by Crippen LogP contribution is -2.19. The summed E-state index contributed by atoms with van der Waals surface area (Å²) in [6.07, 6.45) is 1.53. The van der Waals surface area contributed by atoms with Crippen molar-refractivity contribution in [3.63, 3.8) is 0 Å². The molecule has 29 heavy (non-hydrogen) atoms. The number of hydrogen-bond acceptors (Lipinski definition) is 6. The Kier molecular flexibility index (Phi) is 5.69. The molecule has 0 aliphatic heterocycles. The van der Waals surface area contributed by atoms with Crippen LogP contribution in [0.15, 0.2) is 35.9 Å². The third-order valence-electron chi connectivity index (χ3n) is 4.43. The van der Waals surface area contributed by atoms with Gasteiger partial charge in [-0.2, -0.15) is 10.4 Å². The Bertz CT molecular complexity index is 1120. The molecule has 2 N–H and O–H groups in total. The van der Waals surface area contributed by atoms with E-state index in [1.165, 1.54) is 13.1 Å². The topological polar surface area (TPSA) is 109 Å². The predicted octanol–water partition coefficient (Wildman–Crippen LogP) is 2.91. The van der Waals surface area contributed by atoms with Gasteiger partial charge in [0.05, 0.1) is 26.8 Å². The number of methoxy groups -OCH3 is 3. The minimum Gasteiger partial charge on any atom is -0.493 e. The molecule has 0 bridgehead atoms. The van der Waals surface area contributed by atoms with E-state index in [1.54, 1.807) is 27.4 Å². The number of H-pyrrole nitrogens is 1. The van der Waals surface area contributed by atoms with E-state index in [9.17, 15) is 10.1 Å². The maximum absolute atomic E-state index is 11.8. The zero-order valence-corrected chi connectivity index (χ0v) is 16.5. The molecule has 148 valence electrons. The number of amides is 1. The average Bonchev–Trinajstić information content (AvgIpc) is 3.18. The third kappa shape index (κ3) is 3.71. The molecule has 0 fully saturated rings. The molecule has 3 aromatic rings. The van der Waals surface area contributed by atoms with E-state index in [0.717, 1.165) is 16.5 Å². The van der Waals surface area contributed by atoms with E-state index in [-0.39, 0.29) is 5.57 Å². The molecule has 0 atom stereocenters. The van der Waals surface area contributed by atoms with Crippen LogP contribution in [0.3, 0.4) is 0 Å². The minimum absolute atomic E-state index is 0.0182. The monoisotopic (exact) mass is 392 g/mol. The van der Waals surface area contributed by atoms with Gasteiger partial charge < -0.3 is 19.5 Å². The van der Waals surface area contributed by atoms with Crippen molar-refractivity contribution in [2.24, 2.45) is 0 Å². The fourth-order valence-corrected chi connectivity index (χ4v) is 3.01. The molecule has 0 saturated heterocycles. The summed E-state index contributed by atoms with van der Waals surface area (Å²) >= 11 is 0. The number of nitrogens with zero attached hydrogens (tertiary/aromatic N) is 2. The van der Waals surface area contributed by atoms with E-state index in [1.807, 2.05) is 30.3 Å². The zero-order valence-electron chi connectivity index (χ0n) is 16.5. The van der Waals surface area contributed by atoms with Crippen LogP contribution in [-0.4, -0.2) is 44.5 Å². The number of nitrogens with one attached hydrogen (secondary N) is 2. The van der Waals surface area contributed by atoms with E-state index >= 15 is 0 Å². The molecular weight excluding hydrogens is 372 g/mol. The summed E-state index contributed by atoms with van der Waals surface area (Å²) in [4.78, 5) is 11.8. The summed E-state index contributed by atoms with van der Waals surface area (Å²) in [6, 6.07) is 11.0. The highest BCUT2D eigenvalue weighted by molar-refractivity contribution is 6.02. The molecule has 1 aromatic heterocycles. The largest absolute Gasteiger partial charge is 0.493 e. The standard InChI is InChI=1S/C21H20N4O4/c1-23-21(26)14(11-22)7-12-5-6-16-15(8-12)19(25-24-16)13-9-17(27-2)20(29-4)18(10-13)28-3/h5-10H,1-4H3,(H,23,26)(H,24,25)/b14-7-. The van der Waals surface area contributed by atoms with Crippen LogP contribution in [0, 0.1) is 11.3 Å². The van der Waals surface area contributed by atoms with Gasteiger partial charge in [-0.25, -0.2) is 0 Å². The number of likely N-dealkylation sites (N-methyl/N-ethyl adjacent to an activating group) is 1. The molecule has 0 saturated carbocycles. The molecular formula is C21H20N4O4. The van der Waals surface area contributed by atoms with Crippen LogP contribution < -0.4 is 19.5 Å². The molecule has 0 aliphatic rings. The van der Waals surface area contributed by atoms with Crippen molar-refractivity contribution in [3.05, 3.63) is 41.5 Å². The number of carbonyl (C=O) groups is 1. The van der Waals surface area contributed by atoms with E-state index in [2.05, 4.69) is 15.5 Å². The maximum atomic E-state index is 11.8. The number of aromatic amines is 1. The maximum Gasteiger partial charge on any atom is 0.261 e. The minimum atomic E-state index is -0.440. The van der Waals surface area contributed by atoms with Crippen LogP contribution in [0.4, 0.5) is 0 Å². The highest BCUT2D eigenvalue weighted by atomic mass is 16.5. The summed E-state index contributed by atoms with van der Waals surface area (Å²) < 4.78 is 16.2. The number of aromatic nitrogens is 2. The van der Waals surface area contributed by atoms with Gasteiger partial charge in [0.15, 0.2) is 11.5 Å². The molecule has 2 aromatic carbocycles. The Morgan fingerprint density at radius 2 is 1.83 bits per heavy atom. The summed E-state index contributed by atoms with van der Waals surface area (Å²) in [7, 11) is 6.13. The Balaban J connectivity index is 2.16. The van der Waals surface area contributed by atoms with Crippen molar-refractivity contribution >= 4 is 22.9 Å². The Morgan fingerprint density at radius 3 is 2.38 bits per heavy atom. The molecule has 8 nitrogen and oxygen atoms in total. The number of hydrogen-bond donors (Lipinski definition) is 2. The number of rotatable bonds is 6. The van der Waals surface area contributed by atoms with Gasteiger partial charge in [-0.05, 0) is 35.9 Å². The SMILES string of the molecule is CNC(=O)/C(C#N)=C\c1ccc2[nH]nc(-c3cc(OC)c(OC)c(OC)c3)c2c1. The number of fused-ring (bicyclic) bond motifs is 1. The highest BCUT2D eigenvalue weighted by Gasteiger charge is 2.17. The molecule has 3 rings (SSSR count). The fraction of sp³-hybridized carbons (Fsp3) is 0.190. The molecule has 1 amide bonds. The quantitative estimate of drug-likeness (QED) is 0.493. The fourth-order valence-electron chi connectivity index (χ4n) is 3.01. The Labute approximate surface area is 167 Å². The second-order valence-corrected chi connectivity index (χ2v) is 6.04. The van der Waals surface area contributed by atoms with Crippen LogP contribution in [0.25, 0.3) is 28.2 Å². The average molecular weight is 392 g/mol. The van der Waals surface area contributed by atoms with Crippen LogP contribution in [-0.2, 0) is 4.79 Å². The number of carbonyl (C=O) groups excluding carboxylic acids is 1. The Morgan fingerprint density at radius 1 is 1.14 bits per heavy atom. The Hall–Kier alpha value is -3.99. The normalized spacial score (nSPS) is 11.1. The van der Waals surface area contributed by atoms with Crippen LogP contribution in [0.2, 0.25) is 0 Å². The van der Waals surface area contributed by atoms with Crippen LogP contribution in [0.1, 0.15) is 5.56 Å². The van der Waals surface area contributed by atoms with Crippen LogP contribution >= 0.6 is 0 Å². The lowest BCUT2D eigenvalue weighted by Gasteiger charge is -2.13. The van der Waals surface area contributed by atoms with Crippen molar-refractivity contribution in [1.29, 1.82) is 5.26 Å². The van der Waals surface area contributed by atoms with Crippen molar-refractivity contribution in [1.82, 2.24) is 15.5 Å². The molecule has 0 unspecified atom stereocenters. The molecule has 0 aliphatic carbocycles. The number of ether oxygens (including phenoxy) is 3. The molecule has 1 heterocycles. The lowest BCUT2D eigenvalue weighted by molar-refractivity contribution is -0.116. The van der Waals surface area contributed by atoms with E-state index < -0.39 is 5.91 Å². The summed E-state index contributed by atoms with van der Waals surface area (Å²) in [6.45, 7) is 0. The first kappa shape index (κ1) is 19.8.